The Morgan fingerprint density at radius 1 is 0.974 bits per heavy atom. The van der Waals surface area contributed by atoms with Crippen LogP contribution in [0.1, 0.15) is 24.0 Å². The van der Waals surface area contributed by atoms with Gasteiger partial charge in [0.2, 0.25) is 5.91 Å². The molecule has 0 spiro atoms. The number of carbonyl (C=O) groups is 3. The minimum absolute atomic E-state index is 0.0134. The Morgan fingerprint density at radius 3 is 2.24 bits per heavy atom. The molecule has 2 aromatic rings. The van der Waals surface area contributed by atoms with E-state index in [1.54, 1.807) is 11.8 Å². The van der Waals surface area contributed by atoms with Crippen molar-refractivity contribution < 1.29 is 33.3 Å². The summed E-state index contributed by atoms with van der Waals surface area (Å²) in [7, 11) is 0. The maximum atomic E-state index is 12.3. The second-order valence-electron chi connectivity index (χ2n) is 9.13. The monoisotopic (exact) mass is 544 g/mol. The van der Waals surface area contributed by atoms with Crippen LogP contribution in [0.3, 0.4) is 0 Å². The fraction of sp³-hybridized carbons (Fsp3) is 0.464. The van der Waals surface area contributed by atoms with E-state index in [9.17, 15) is 14.4 Å². The second kappa shape index (κ2) is 13.2. The Kier molecular flexibility index (Phi) is 9.74. The van der Waals surface area contributed by atoms with Crippen molar-refractivity contribution in [1.82, 2.24) is 4.90 Å². The van der Waals surface area contributed by atoms with E-state index >= 15 is 0 Å². The summed E-state index contributed by atoms with van der Waals surface area (Å²) in [6.07, 6.45) is 2.51. The number of fused-ring (bicyclic) bond motifs is 3. The highest BCUT2D eigenvalue weighted by Crippen LogP contribution is 2.46. The third-order valence-corrected chi connectivity index (χ3v) is 6.98. The predicted molar refractivity (Wildman–Crippen MR) is 144 cm³/mol. The maximum Gasteiger partial charge on any atom is 0.253 e. The SMILES string of the molecule is CC(=O)N1C[C@@H](CCl)c2c1cc(OCCOCCOCCOCCN1C(=O)C=CC1=O)c1cccc(C)c21. The lowest BCUT2D eigenvalue weighted by atomic mass is 9.92. The summed E-state index contributed by atoms with van der Waals surface area (Å²) >= 11 is 6.29. The van der Waals surface area contributed by atoms with Gasteiger partial charge >= 0.3 is 0 Å². The molecular formula is C28H33ClN2O7. The number of hydrogen-bond acceptors (Lipinski definition) is 7. The molecule has 2 aliphatic rings. The zero-order chi connectivity index (χ0) is 27.1. The number of imide groups is 1. The second-order valence-corrected chi connectivity index (χ2v) is 9.44. The highest BCUT2D eigenvalue weighted by molar-refractivity contribution is 6.19. The van der Waals surface area contributed by atoms with Gasteiger partial charge in [-0.05, 0) is 23.4 Å². The summed E-state index contributed by atoms with van der Waals surface area (Å²) < 4.78 is 22.6. The van der Waals surface area contributed by atoms with Crippen molar-refractivity contribution in [2.75, 3.05) is 70.1 Å². The molecule has 1 atom stereocenters. The fourth-order valence-corrected chi connectivity index (χ4v) is 5.04. The van der Waals surface area contributed by atoms with Crippen molar-refractivity contribution in [2.24, 2.45) is 0 Å². The zero-order valence-corrected chi connectivity index (χ0v) is 22.5. The molecule has 0 unspecified atom stereocenters. The number of benzene rings is 2. The Balaban J connectivity index is 1.19. The Labute approximate surface area is 227 Å². The minimum Gasteiger partial charge on any atom is -0.490 e. The van der Waals surface area contributed by atoms with Gasteiger partial charge in [0.15, 0.2) is 0 Å². The third kappa shape index (κ3) is 6.35. The van der Waals surface area contributed by atoms with E-state index in [4.69, 9.17) is 30.5 Å². The van der Waals surface area contributed by atoms with Gasteiger partial charge in [0, 0.05) is 48.9 Å². The molecule has 4 rings (SSSR count). The predicted octanol–water partition coefficient (Wildman–Crippen LogP) is 3.19. The van der Waals surface area contributed by atoms with E-state index in [-0.39, 0.29) is 36.8 Å². The van der Waals surface area contributed by atoms with Crippen LogP contribution in [0.2, 0.25) is 0 Å². The Bertz CT molecular complexity index is 1200. The molecule has 204 valence electrons. The van der Waals surface area contributed by atoms with Crippen molar-refractivity contribution in [2.45, 2.75) is 19.8 Å². The van der Waals surface area contributed by atoms with Crippen molar-refractivity contribution in [1.29, 1.82) is 0 Å². The standard InChI is InChI=1S/C28H33ClN2O7/c1-19-4-3-5-22-24(16-23-28(27(19)22)21(17-29)18-31(23)20(2)32)38-15-14-37-13-12-36-11-10-35-9-8-30-25(33)6-7-26(30)34/h3-7,16,21H,8-15,17-18H2,1-2H3/t21-/m1/s1. The van der Waals surface area contributed by atoms with Crippen LogP contribution in [-0.4, -0.2) is 87.8 Å². The van der Waals surface area contributed by atoms with Gasteiger partial charge in [-0.2, -0.15) is 0 Å². The summed E-state index contributed by atoms with van der Waals surface area (Å²) in [5.74, 6) is 0.607. The molecule has 10 heteroatoms. The quantitative estimate of drug-likeness (QED) is 0.205. The maximum absolute atomic E-state index is 12.3. The van der Waals surface area contributed by atoms with Gasteiger partial charge in [0.05, 0.1) is 51.9 Å². The number of ether oxygens (including phenoxy) is 4. The molecule has 9 nitrogen and oxygen atoms in total. The van der Waals surface area contributed by atoms with Crippen LogP contribution in [0.5, 0.6) is 5.75 Å². The molecule has 0 bridgehead atoms. The fourth-order valence-electron chi connectivity index (χ4n) is 4.79. The number of nitrogens with zero attached hydrogens (tertiary/aromatic N) is 2. The normalized spacial score (nSPS) is 16.7. The number of hydrogen-bond donors (Lipinski definition) is 0. The lowest BCUT2D eigenvalue weighted by Crippen LogP contribution is -2.33. The van der Waals surface area contributed by atoms with Gasteiger partial charge in [-0.15, -0.1) is 11.6 Å². The summed E-state index contributed by atoms with van der Waals surface area (Å²) in [4.78, 5) is 38.1. The lowest BCUT2D eigenvalue weighted by Gasteiger charge is -2.19. The molecular weight excluding hydrogens is 512 g/mol. The number of rotatable bonds is 14. The Hall–Kier alpha value is -2.98. The van der Waals surface area contributed by atoms with E-state index in [2.05, 4.69) is 13.0 Å². The first kappa shape index (κ1) is 28.0. The molecule has 38 heavy (non-hydrogen) atoms. The number of alkyl halides is 1. The number of aryl methyl sites for hydroxylation is 1. The molecule has 2 aliphatic heterocycles. The first-order valence-electron chi connectivity index (χ1n) is 12.7. The molecule has 0 saturated carbocycles. The smallest absolute Gasteiger partial charge is 0.253 e. The van der Waals surface area contributed by atoms with Crippen molar-refractivity contribution in [3.05, 3.63) is 47.5 Å². The molecule has 0 radical (unpaired) electrons. The van der Waals surface area contributed by atoms with Crippen LogP contribution in [0.4, 0.5) is 5.69 Å². The molecule has 0 N–H and O–H groups in total. The number of amides is 3. The number of carbonyl (C=O) groups excluding carboxylic acids is 3. The van der Waals surface area contributed by atoms with Crippen LogP contribution < -0.4 is 9.64 Å². The van der Waals surface area contributed by atoms with Crippen LogP contribution in [-0.2, 0) is 28.6 Å². The van der Waals surface area contributed by atoms with Gasteiger partial charge < -0.3 is 23.8 Å². The topological polar surface area (TPSA) is 94.6 Å². The highest BCUT2D eigenvalue weighted by Gasteiger charge is 2.33. The van der Waals surface area contributed by atoms with Crippen LogP contribution in [0.15, 0.2) is 36.4 Å². The summed E-state index contributed by atoms with van der Waals surface area (Å²) in [5, 5.41) is 2.10. The van der Waals surface area contributed by atoms with Crippen LogP contribution >= 0.6 is 11.6 Å². The molecule has 0 aromatic heterocycles. The number of anilines is 1. The zero-order valence-electron chi connectivity index (χ0n) is 21.7. The number of halogens is 1. The van der Waals surface area contributed by atoms with Crippen molar-refractivity contribution >= 4 is 45.8 Å². The van der Waals surface area contributed by atoms with Crippen molar-refractivity contribution in [3.63, 3.8) is 0 Å². The largest absolute Gasteiger partial charge is 0.490 e. The van der Waals surface area contributed by atoms with E-state index in [1.807, 2.05) is 18.2 Å². The molecule has 2 heterocycles. The molecule has 0 fully saturated rings. The van der Waals surface area contributed by atoms with Gasteiger partial charge in [-0.3, -0.25) is 19.3 Å². The highest BCUT2D eigenvalue weighted by atomic mass is 35.5. The molecule has 0 saturated heterocycles. The molecule has 0 aliphatic carbocycles. The summed E-state index contributed by atoms with van der Waals surface area (Å²) in [6, 6.07) is 8.05. The van der Waals surface area contributed by atoms with Gasteiger partial charge in [-0.1, -0.05) is 18.2 Å². The minimum atomic E-state index is -0.312. The summed E-state index contributed by atoms with van der Waals surface area (Å²) in [6.45, 7) is 7.01. The van der Waals surface area contributed by atoms with E-state index in [0.717, 1.165) is 32.5 Å². The van der Waals surface area contributed by atoms with Crippen molar-refractivity contribution in [3.8, 4) is 5.75 Å². The van der Waals surface area contributed by atoms with Crippen LogP contribution in [0.25, 0.3) is 10.8 Å². The average molecular weight is 545 g/mol. The first-order valence-corrected chi connectivity index (χ1v) is 13.3. The van der Waals surface area contributed by atoms with E-state index in [1.165, 1.54) is 12.2 Å². The molecule has 2 aromatic carbocycles. The third-order valence-electron chi connectivity index (χ3n) is 6.61. The Morgan fingerprint density at radius 2 is 1.61 bits per heavy atom. The average Bonchev–Trinajstić information content (AvgIpc) is 3.43. The molecule has 3 amide bonds. The van der Waals surface area contributed by atoms with E-state index in [0.29, 0.717) is 57.8 Å². The van der Waals surface area contributed by atoms with Gasteiger partial charge in [0.25, 0.3) is 11.8 Å². The van der Waals surface area contributed by atoms with Crippen LogP contribution in [0, 0.1) is 6.92 Å². The lowest BCUT2D eigenvalue weighted by molar-refractivity contribution is -0.137. The first-order chi connectivity index (χ1) is 18.4. The van der Waals surface area contributed by atoms with E-state index < -0.39 is 0 Å². The van der Waals surface area contributed by atoms with Gasteiger partial charge in [0.1, 0.15) is 12.4 Å². The summed E-state index contributed by atoms with van der Waals surface area (Å²) in [5.41, 5.74) is 3.10. The van der Waals surface area contributed by atoms with Gasteiger partial charge in [-0.25, -0.2) is 0 Å².